The Labute approximate surface area is 118 Å². The Morgan fingerprint density at radius 1 is 1.42 bits per heavy atom. The van der Waals surface area contributed by atoms with Gasteiger partial charge < -0.3 is 19.7 Å². The fourth-order valence-corrected chi connectivity index (χ4v) is 2.34. The molecule has 0 saturated heterocycles. The first kappa shape index (κ1) is 12.3. The Morgan fingerprint density at radius 3 is 2.79 bits per heavy atom. The van der Waals surface area contributed by atoms with Crippen LogP contribution in [0.4, 0.5) is 5.88 Å². The third kappa shape index (κ3) is 2.40. The standard InChI is InChI=1S/C13H13BrN2O3/c1-17-11-5-7(9-6-16-19-13(9)15)4-10(14)12(11)18-8-2-3-8/h4-6,8H,2-3,15H2,1H3. The van der Waals surface area contributed by atoms with Crippen molar-refractivity contribution in [1.29, 1.82) is 0 Å². The SMILES string of the molecule is COc1cc(-c2cnoc2N)cc(Br)c1OC1CC1. The maximum Gasteiger partial charge on any atom is 0.229 e. The van der Waals surface area contributed by atoms with Crippen molar-refractivity contribution >= 4 is 21.8 Å². The van der Waals surface area contributed by atoms with E-state index < -0.39 is 0 Å². The quantitative estimate of drug-likeness (QED) is 0.934. The lowest BCUT2D eigenvalue weighted by atomic mass is 10.1. The molecule has 3 rings (SSSR count). The van der Waals surface area contributed by atoms with E-state index in [0.29, 0.717) is 11.9 Å². The number of nitrogens with zero attached hydrogens (tertiary/aromatic N) is 1. The van der Waals surface area contributed by atoms with Gasteiger partial charge in [-0.05, 0) is 46.5 Å². The van der Waals surface area contributed by atoms with E-state index in [1.807, 2.05) is 12.1 Å². The molecule has 5 nitrogen and oxygen atoms in total. The molecule has 1 saturated carbocycles. The predicted octanol–water partition coefficient (Wildman–Crippen LogP) is 3.24. The van der Waals surface area contributed by atoms with E-state index in [-0.39, 0.29) is 5.88 Å². The number of anilines is 1. The summed E-state index contributed by atoms with van der Waals surface area (Å²) in [4.78, 5) is 0. The number of rotatable bonds is 4. The first-order valence-corrected chi connectivity index (χ1v) is 6.73. The van der Waals surface area contributed by atoms with E-state index in [1.54, 1.807) is 13.3 Å². The van der Waals surface area contributed by atoms with E-state index in [4.69, 9.17) is 19.7 Å². The molecule has 1 heterocycles. The van der Waals surface area contributed by atoms with Crippen LogP contribution in [0.2, 0.25) is 0 Å². The van der Waals surface area contributed by atoms with Gasteiger partial charge >= 0.3 is 0 Å². The van der Waals surface area contributed by atoms with Crippen LogP contribution in [0.5, 0.6) is 11.5 Å². The van der Waals surface area contributed by atoms with Crippen molar-refractivity contribution in [2.24, 2.45) is 0 Å². The van der Waals surface area contributed by atoms with Crippen molar-refractivity contribution in [1.82, 2.24) is 5.16 Å². The van der Waals surface area contributed by atoms with E-state index in [0.717, 1.165) is 34.2 Å². The van der Waals surface area contributed by atoms with Crippen LogP contribution in [0.25, 0.3) is 11.1 Å². The van der Waals surface area contributed by atoms with Crippen molar-refractivity contribution in [3.05, 3.63) is 22.8 Å². The van der Waals surface area contributed by atoms with Crippen molar-refractivity contribution < 1.29 is 14.0 Å². The molecular formula is C13H13BrN2O3. The number of halogens is 1. The lowest BCUT2D eigenvalue weighted by Crippen LogP contribution is -2.00. The fourth-order valence-electron chi connectivity index (χ4n) is 1.81. The predicted molar refractivity (Wildman–Crippen MR) is 74.3 cm³/mol. The van der Waals surface area contributed by atoms with Crippen LogP contribution >= 0.6 is 15.9 Å². The van der Waals surface area contributed by atoms with E-state index in [9.17, 15) is 0 Å². The lowest BCUT2D eigenvalue weighted by Gasteiger charge is -2.13. The molecule has 1 aromatic carbocycles. The molecule has 2 N–H and O–H groups in total. The molecule has 1 aliphatic rings. The summed E-state index contributed by atoms with van der Waals surface area (Å²) in [6, 6.07) is 3.79. The Kier molecular flexibility index (Phi) is 3.10. The van der Waals surface area contributed by atoms with E-state index in [1.165, 1.54) is 0 Å². The lowest BCUT2D eigenvalue weighted by molar-refractivity contribution is 0.280. The maximum atomic E-state index is 5.84. The zero-order valence-corrected chi connectivity index (χ0v) is 11.9. The molecule has 0 unspecified atom stereocenters. The zero-order chi connectivity index (χ0) is 13.4. The molecule has 0 spiro atoms. The van der Waals surface area contributed by atoms with Gasteiger partial charge in [-0.15, -0.1) is 0 Å². The second kappa shape index (κ2) is 4.77. The molecule has 0 amide bonds. The van der Waals surface area contributed by atoms with Gasteiger partial charge in [0.15, 0.2) is 11.5 Å². The summed E-state index contributed by atoms with van der Waals surface area (Å²) in [5.74, 6) is 1.67. The van der Waals surface area contributed by atoms with Crippen molar-refractivity contribution in [2.75, 3.05) is 12.8 Å². The molecule has 1 aliphatic carbocycles. The summed E-state index contributed by atoms with van der Waals surface area (Å²) in [6.45, 7) is 0. The molecule has 2 aromatic rings. The highest BCUT2D eigenvalue weighted by Crippen LogP contribution is 2.43. The van der Waals surface area contributed by atoms with Crippen molar-refractivity contribution in [3.63, 3.8) is 0 Å². The summed E-state index contributed by atoms with van der Waals surface area (Å²) in [6.07, 6.45) is 4.07. The van der Waals surface area contributed by atoms with Gasteiger partial charge in [0.2, 0.25) is 5.88 Å². The Bertz CT molecular complexity index is 608. The van der Waals surface area contributed by atoms with Crippen LogP contribution in [0, 0.1) is 0 Å². The van der Waals surface area contributed by atoms with E-state index >= 15 is 0 Å². The number of ether oxygens (including phenoxy) is 2. The summed E-state index contributed by atoms with van der Waals surface area (Å²) in [5.41, 5.74) is 7.33. The first-order chi connectivity index (χ1) is 9.19. The van der Waals surface area contributed by atoms with Gasteiger partial charge in [-0.2, -0.15) is 0 Å². The van der Waals surface area contributed by atoms with Gasteiger partial charge in [0.25, 0.3) is 0 Å². The summed E-state index contributed by atoms with van der Waals surface area (Å²) in [7, 11) is 1.61. The number of benzene rings is 1. The van der Waals surface area contributed by atoms with Crippen LogP contribution in [0.15, 0.2) is 27.3 Å². The number of aromatic nitrogens is 1. The van der Waals surface area contributed by atoms with Gasteiger partial charge in [-0.25, -0.2) is 0 Å². The summed E-state index contributed by atoms with van der Waals surface area (Å²) < 4.78 is 16.9. The minimum Gasteiger partial charge on any atom is -0.493 e. The molecule has 0 radical (unpaired) electrons. The molecule has 0 bridgehead atoms. The molecule has 100 valence electrons. The number of methoxy groups -OCH3 is 1. The Hall–Kier alpha value is -1.69. The highest BCUT2D eigenvalue weighted by Gasteiger charge is 2.26. The van der Waals surface area contributed by atoms with Crippen LogP contribution in [-0.4, -0.2) is 18.4 Å². The monoisotopic (exact) mass is 324 g/mol. The van der Waals surface area contributed by atoms with Crippen molar-refractivity contribution in [2.45, 2.75) is 18.9 Å². The molecule has 6 heteroatoms. The smallest absolute Gasteiger partial charge is 0.229 e. The van der Waals surface area contributed by atoms with Gasteiger partial charge in [-0.1, -0.05) is 5.16 Å². The largest absolute Gasteiger partial charge is 0.493 e. The zero-order valence-electron chi connectivity index (χ0n) is 10.4. The highest BCUT2D eigenvalue weighted by molar-refractivity contribution is 9.10. The third-order valence-electron chi connectivity index (χ3n) is 2.95. The van der Waals surface area contributed by atoms with E-state index in [2.05, 4.69) is 21.1 Å². The van der Waals surface area contributed by atoms with Crippen LogP contribution in [0.1, 0.15) is 12.8 Å². The molecule has 1 fully saturated rings. The first-order valence-electron chi connectivity index (χ1n) is 5.93. The molecule has 1 aromatic heterocycles. The van der Waals surface area contributed by atoms with Gasteiger partial charge in [0, 0.05) is 0 Å². The second-order valence-corrected chi connectivity index (χ2v) is 5.26. The Morgan fingerprint density at radius 2 is 2.21 bits per heavy atom. The van der Waals surface area contributed by atoms with Crippen molar-refractivity contribution in [3.8, 4) is 22.6 Å². The number of hydrogen-bond acceptors (Lipinski definition) is 5. The normalized spacial score (nSPS) is 14.4. The van der Waals surface area contributed by atoms with Crippen LogP contribution in [0.3, 0.4) is 0 Å². The molecule has 0 aliphatic heterocycles. The topological polar surface area (TPSA) is 70.5 Å². The van der Waals surface area contributed by atoms with Crippen LogP contribution in [-0.2, 0) is 0 Å². The average Bonchev–Trinajstić information content (AvgIpc) is 3.11. The minimum atomic E-state index is 0.282. The minimum absolute atomic E-state index is 0.282. The number of hydrogen-bond donors (Lipinski definition) is 1. The average molecular weight is 325 g/mol. The number of nitrogens with two attached hydrogens (primary N) is 1. The molecule has 19 heavy (non-hydrogen) atoms. The highest BCUT2D eigenvalue weighted by atomic mass is 79.9. The van der Waals surface area contributed by atoms with Gasteiger partial charge in [0.05, 0.1) is 29.4 Å². The maximum absolute atomic E-state index is 5.84. The Balaban J connectivity index is 2.03. The fraction of sp³-hybridized carbons (Fsp3) is 0.308. The third-order valence-corrected chi connectivity index (χ3v) is 3.54. The number of nitrogen functional groups attached to an aromatic ring is 1. The second-order valence-electron chi connectivity index (χ2n) is 4.41. The molecular weight excluding hydrogens is 312 g/mol. The summed E-state index contributed by atoms with van der Waals surface area (Å²) in [5, 5.41) is 3.68. The van der Waals surface area contributed by atoms with Gasteiger partial charge in [-0.3, -0.25) is 0 Å². The summed E-state index contributed by atoms with van der Waals surface area (Å²) >= 11 is 3.51. The van der Waals surface area contributed by atoms with Crippen LogP contribution < -0.4 is 15.2 Å². The molecule has 0 atom stereocenters. The van der Waals surface area contributed by atoms with Gasteiger partial charge in [0.1, 0.15) is 0 Å².